The maximum atomic E-state index is 13.3. The summed E-state index contributed by atoms with van der Waals surface area (Å²) in [6, 6.07) is 8.30. The molecular weight excluding hydrogens is 449 g/mol. The second kappa shape index (κ2) is 8.41. The van der Waals surface area contributed by atoms with Gasteiger partial charge in [-0.3, -0.25) is 4.79 Å². The number of pyridine rings is 1. The van der Waals surface area contributed by atoms with E-state index >= 15 is 0 Å². The van der Waals surface area contributed by atoms with Crippen LogP contribution in [-0.4, -0.2) is 27.4 Å². The maximum Gasteiger partial charge on any atom is 0.491 e. The summed E-state index contributed by atoms with van der Waals surface area (Å²) in [6.45, 7) is 10.5. The molecule has 0 saturated carbocycles. The Morgan fingerprint density at radius 3 is 2.09 bits per heavy atom. The normalized spacial score (nSPS) is 12.7. The summed E-state index contributed by atoms with van der Waals surface area (Å²) in [5.74, 6) is -2.59. The summed E-state index contributed by atoms with van der Waals surface area (Å²) in [4.78, 5) is 25.1. The van der Waals surface area contributed by atoms with E-state index in [4.69, 9.17) is 10.5 Å². The van der Waals surface area contributed by atoms with E-state index in [2.05, 4.69) is 5.10 Å². The minimum absolute atomic E-state index is 0.139. The van der Waals surface area contributed by atoms with Crippen molar-refractivity contribution < 1.29 is 32.2 Å². The van der Waals surface area contributed by atoms with Crippen LogP contribution in [-0.2, 0) is 22.2 Å². The van der Waals surface area contributed by atoms with Crippen LogP contribution < -0.4 is 15.2 Å². The van der Waals surface area contributed by atoms with E-state index in [1.54, 1.807) is 70.3 Å². The molecule has 1 aromatic carbocycles. The first-order valence-electron chi connectivity index (χ1n) is 10.6. The molecule has 0 unspecified atom stereocenters. The van der Waals surface area contributed by atoms with Gasteiger partial charge in [-0.25, -0.2) is 4.79 Å². The van der Waals surface area contributed by atoms with Crippen molar-refractivity contribution in [3.8, 4) is 5.75 Å². The average Bonchev–Trinajstić information content (AvgIpc) is 3.01. The molecule has 0 aliphatic heterocycles. The average molecular weight is 478 g/mol. The minimum atomic E-state index is -5.16. The monoisotopic (exact) mass is 477 g/mol. The number of alkyl halides is 3. The van der Waals surface area contributed by atoms with Crippen molar-refractivity contribution in [2.45, 2.75) is 65.1 Å². The number of ketones is 1. The Bertz CT molecular complexity index is 1230. The van der Waals surface area contributed by atoms with Crippen LogP contribution in [0.3, 0.4) is 0 Å². The van der Waals surface area contributed by atoms with Crippen LogP contribution in [0.25, 0.3) is 5.65 Å². The van der Waals surface area contributed by atoms with E-state index in [-0.39, 0.29) is 29.6 Å². The second-order valence-corrected chi connectivity index (χ2v) is 10.2. The van der Waals surface area contributed by atoms with Gasteiger partial charge < -0.3 is 10.5 Å². The lowest BCUT2D eigenvalue weighted by Gasteiger charge is -2.30. The smallest absolute Gasteiger partial charge is 0.419 e. The largest absolute Gasteiger partial charge is 0.491 e. The van der Waals surface area contributed by atoms with Crippen molar-refractivity contribution in [1.82, 2.24) is 9.50 Å². The molecule has 0 bridgehead atoms. The Hall–Kier alpha value is -3.43. The van der Waals surface area contributed by atoms with Gasteiger partial charge in [0, 0.05) is 22.8 Å². The van der Waals surface area contributed by atoms with Crippen LogP contribution in [0.2, 0.25) is 0 Å². The van der Waals surface area contributed by atoms with Gasteiger partial charge in [0.05, 0.1) is 6.20 Å². The number of fused-ring (bicyclic) bond motifs is 1. The van der Waals surface area contributed by atoms with Crippen LogP contribution in [0.15, 0.2) is 36.5 Å². The predicted molar refractivity (Wildman–Crippen MR) is 120 cm³/mol. The Kier molecular flexibility index (Phi) is 6.23. The van der Waals surface area contributed by atoms with Gasteiger partial charge in [-0.15, -0.1) is 4.68 Å². The predicted octanol–water partition coefficient (Wildman–Crippen LogP) is 4.15. The number of carbonyl (C=O) groups excluding carboxylic acids is 2. The second-order valence-electron chi connectivity index (χ2n) is 10.2. The number of benzene rings is 1. The number of rotatable bonds is 4. The summed E-state index contributed by atoms with van der Waals surface area (Å²) < 4.78 is 47.1. The zero-order valence-electron chi connectivity index (χ0n) is 19.9. The lowest BCUT2D eigenvalue weighted by Crippen LogP contribution is -2.40. The number of hydrogen-bond acceptors (Lipinski definition) is 5. The molecule has 0 spiro atoms. The third kappa shape index (κ3) is 5.05. The molecule has 182 valence electrons. The molecule has 34 heavy (non-hydrogen) atoms. The zero-order valence-corrected chi connectivity index (χ0v) is 19.9. The number of nitrogens with zero attached hydrogens (tertiary/aromatic N) is 3. The molecule has 10 heteroatoms. The molecule has 0 radical (unpaired) electrons. The third-order valence-electron chi connectivity index (χ3n) is 5.32. The molecular formula is C24H28F3N4O3+. The van der Waals surface area contributed by atoms with Crippen molar-refractivity contribution >= 4 is 23.3 Å². The number of anilines is 1. The number of ether oxygens (including phenoxy) is 1. The van der Waals surface area contributed by atoms with Crippen molar-refractivity contribution in [1.29, 1.82) is 0 Å². The fraction of sp³-hybridized carbons (Fsp3) is 0.417. The van der Waals surface area contributed by atoms with Gasteiger partial charge in [-0.1, -0.05) is 47.6 Å². The standard InChI is InChI=1S/C24H28F3N4O3/c1-22(2,3)15-11-14(12-16(23(4,5)6)19(15)34-20(33)24(25,26)27)17(32)13-31-18-9-7-8-10-30(18)21(28)29-31/h7-12H,13H2,1-6H3,(H2,28,29)/q+1. The summed E-state index contributed by atoms with van der Waals surface area (Å²) in [6.07, 6.45) is -3.44. The van der Waals surface area contributed by atoms with Crippen LogP contribution in [0, 0.1) is 0 Å². The van der Waals surface area contributed by atoms with Gasteiger partial charge >= 0.3 is 23.7 Å². The zero-order chi connectivity index (χ0) is 25.6. The van der Waals surface area contributed by atoms with E-state index in [0.29, 0.717) is 16.8 Å². The number of Topliss-reactive ketones (excluding diaryl/α,β-unsaturated/α-hetero) is 1. The van der Waals surface area contributed by atoms with Crippen molar-refractivity contribution in [2.24, 2.45) is 0 Å². The number of aromatic nitrogens is 3. The van der Waals surface area contributed by atoms with Crippen LogP contribution in [0.5, 0.6) is 5.75 Å². The molecule has 3 aromatic rings. The van der Waals surface area contributed by atoms with Gasteiger partial charge in [-0.05, 0) is 34.1 Å². The molecule has 3 rings (SSSR count). The summed E-state index contributed by atoms with van der Waals surface area (Å²) in [5.41, 5.74) is 6.00. The third-order valence-corrected chi connectivity index (χ3v) is 5.32. The van der Waals surface area contributed by atoms with Crippen molar-refractivity contribution in [2.75, 3.05) is 5.73 Å². The van der Waals surface area contributed by atoms with Crippen LogP contribution >= 0.6 is 0 Å². The number of esters is 1. The van der Waals surface area contributed by atoms with E-state index in [9.17, 15) is 22.8 Å². The van der Waals surface area contributed by atoms with E-state index in [1.807, 2.05) is 0 Å². The van der Waals surface area contributed by atoms with Gasteiger partial charge in [0.2, 0.25) is 5.78 Å². The Morgan fingerprint density at radius 2 is 1.59 bits per heavy atom. The van der Waals surface area contributed by atoms with Gasteiger partial charge in [-0.2, -0.15) is 17.6 Å². The Labute approximate surface area is 195 Å². The van der Waals surface area contributed by atoms with E-state index < -0.39 is 23.0 Å². The molecule has 0 atom stereocenters. The number of nitrogens with two attached hydrogens (primary N) is 1. The highest BCUT2D eigenvalue weighted by molar-refractivity contribution is 5.96. The summed E-state index contributed by atoms with van der Waals surface area (Å²) in [7, 11) is 0. The molecule has 2 N–H and O–H groups in total. The first kappa shape index (κ1) is 25.2. The highest BCUT2D eigenvalue weighted by Gasteiger charge is 2.43. The quantitative estimate of drug-likeness (QED) is 0.264. The molecule has 0 amide bonds. The van der Waals surface area contributed by atoms with Crippen LogP contribution in [0.1, 0.15) is 63.0 Å². The SMILES string of the molecule is CC(C)(C)c1cc(C(=O)C[n+]2nc(N)n3ccccc32)cc(C(C)(C)C)c1OC(=O)C(F)(F)F. The molecule has 0 aliphatic rings. The van der Waals surface area contributed by atoms with E-state index in [0.717, 1.165) is 0 Å². The van der Waals surface area contributed by atoms with Crippen molar-refractivity contribution in [3.05, 3.63) is 53.2 Å². The maximum absolute atomic E-state index is 13.3. The molecule has 7 nitrogen and oxygen atoms in total. The lowest BCUT2D eigenvalue weighted by molar-refractivity contribution is -0.714. The fourth-order valence-electron chi connectivity index (χ4n) is 3.57. The topological polar surface area (TPSA) is 90.6 Å². The van der Waals surface area contributed by atoms with Crippen molar-refractivity contribution in [3.63, 3.8) is 0 Å². The molecule has 0 saturated heterocycles. The highest BCUT2D eigenvalue weighted by Crippen LogP contribution is 2.41. The molecule has 2 aromatic heterocycles. The Morgan fingerprint density at radius 1 is 1.03 bits per heavy atom. The Balaban J connectivity index is 2.14. The summed E-state index contributed by atoms with van der Waals surface area (Å²) >= 11 is 0. The lowest BCUT2D eigenvalue weighted by atomic mass is 9.78. The van der Waals surface area contributed by atoms with Gasteiger partial charge in [0.15, 0.2) is 6.54 Å². The molecule has 0 fully saturated rings. The first-order valence-corrected chi connectivity index (χ1v) is 10.6. The molecule has 2 heterocycles. The molecule has 0 aliphatic carbocycles. The van der Waals surface area contributed by atoms with Gasteiger partial charge in [0.1, 0.15) is 5.75 Å². The van der Waals surface area contributed by atoms with E-state index in [1.165, 1.54) is 16.8 Å². The number of carbonyl (C=O) groups is 2. The summed E-state index contributed by atoms with van der Waals surface area (Å²) in [5, 5.41) is 4.22. The number of nitrogen functional groups attached to an aromatic ring is 1. The fourth-order valence-corrected chi connectivity index (χ4v) is 3.57. The first-order chi connectivity index (χ1) is 15.5. The van der Waals surface area contributed by atoms with Crippen LogP contribution in [0.4, 0.5) is 19.1 Å². The van der Waals surface area contributed by atoms with Gasteiger partial charge in [0.25, 0.3) is 0 Å². The number of hydrogen-bond donors (Lipinski definition) is 1. The number of halogens is 3. The minimum Gasteiger partial charge on any atom is -0.419 e. The highest BCUT2D eigenvalue weighted by atomic mass is 19.4.